The summed E-state index contributed by atoms with van der Waals surface area (Å²) in [7, 11) is 5.14. The van der Waals surface area contributed by atoms with Gasteiger partial charge in [0.15, 0.2) is 11.5 Å². The first-order valence-electron chi connectivity index (χ1n) is 7.34. The lowest BCUT2D eigenvalue weighted by atomic mass is 10.1. The van der Waals surface area contributed by atoms with E-state index < -0.39 is 0 Å². The summed E-state index contributed by atoms with van der Waals surface area (Å²) in [6.45, 7) is 1.72. The number of ether oxygens (including phenoxy) is 2. The van der Waals surface area contributed by atoms with Gasteiger partial charge in [0.2, 0.25) is 5.91 Å². The van der Waals surface area contributed by atoms with E-state index in [1.807, 2.05) is 30.1 Å². The Balaban J connectivity index is 2.05. The van der Waals surface area contributed by atoms with Crippen molar-refractivity contribution < 1.29 is 14.3 Å². The normalized spacial score (nSPS) is 17.9. The molecule has 1 aliphatic rings. The highest BCUT2D eigenvalue weighted by Gasteiger charge is 2.27. The molecule has 0 aromatic heterocycles. The van der Waals surface area contributed by atoms with E-state index in [1.54, 1.807) is 14.2 Å². The molecule has 0 saturated carbocycles. The number of hydrogen-bond acceptors (Lipinski definition) is 4. The number of benzene rings is 1. The van der Waals surface area contributed by atoms with Crippen molar-refractivity contribution in [3.63, 3.8) is 0 Å². The van der Waals surface area contributed by atoms with Crippen LogP contribution < -0.4 is 14.8 Å². The van der Waals surface area contributed by atoms with E-state index in [9.17, 15) is 4.79 Å². The van der Waals surface area contributed by atoms with Gasteiger partial charge in [-0.3, -0.25) is 4.79 Å². The van der Waals surface area contributed by atoms with E-state index >= 15 is 0 Å². The van der Waals surface area contributed by atoms with Crippen molar-refractivity contribution in [3.05, 3.63) is 23.8 Å². The molecule has 5 heteroatoms. The van der Waals surface area contributed by atoms with Gasteiger partial charge >= 0.3 is 0 Å². The van der Waals surface area contributed by atoms with Gasteiger partial charge in [0, 0.05) is 19.1 Å². The monoisotopic (exact) mass is 292 g/mol. The first-order chi connectivity index (χ1) is 10.2. The van der Waals surface area contributed by atoms with Crippen molar-refractivity contribution >= 4 is 5.91 Å². The lowest BCUT2D eigenvalue weighted by Crippen LogP contribution is -2.41. The van der Waals surface area contributed by atoms with Gasteiger partial charge in [-0.2, -0.15) is 0 Å². The van der Waals surface area contributed by atoms with Crippen LogP contribution in [0.2, 0.25) is 0 Å². The van der Waals surface area contributed by atoms with E-state index in [1.165, 1.54) is 0 Å². The van der Waals surface area contributed by atoms with Crippen molar-refractivity contribution in [2.45, 2.75) is 25.3 Å². The molecule has 1 N–H and O–H groups in total. The number of methoxy groups -OCH3 is 2. The topological polar surface area (TPSA) is 50.8 Å². The van der Waals surface area contributed by atoms with E-state index in [0.717, 1.165) is 31.5 Å². The fraction of sp³-hybridized carbons (Fsp3) is 0.562. The number of likely N-dealkylation sites (tertiary alicyclic amines) is 1. The molecule has 116 valence electrons. The molecule has 21 heavy (non-hydrogen) atoms. The average Bonchev–Trinajstić information content (AvgIpc) is 2.96. The number of rotatable bonds is 6. The Labute approximate surface area is 126 Å². The van der Waals surface area contributed by atoms with Crippen molar-refractivity contribution in [3.8, 4) is 11.5 Å². The van der Waals surface area contributed by atoms with Gasteiger partial charge in [-0.25, -0.2) is 0 Å². The van der Waals surface area contributed by atoms with Gasteiger partial charge in [0.25, 0.3) is 0 Å². The SMILES string of the molecule is CNCC1CCCN1C(=O)Cc1ccc(OC)c(OC)c1. The molecule has 5 nitrogen and oxygen atoms in total. The minimum atomic E-state index is 0.181. The Kier molecular flexibility index (Phi) is 5.44. The van der Waals surface area contributed by atoms with Crippen LogP contribution in [0.25, 0.3) is 0 Å². The summed E-state index contributed by atoms with van der Waals surface area (Å²) in [6.07, 6.45) is 2.57. The van der Waals surface area contributed by atoms with Gasteiger partial charge in [-0.15, -0.1) is 0 Å². The highest BCUT2D eigenvalue weighted by Crippen LogP contribution is 2.28. The number of hydrogen-bond donors (Lipinski definition) is 1. The highest BCUT2D eigenvalue weighted by atomic mass is 16.5. The zero-order chi connectivity index (χ0) is 15.2. The van der Waals surface area contributed by atoms with Crippen molar-refractivity contribution in [2.24, 2.45) is 0 Å². The standard InChI is InChI=1S/C16H24N2O3/c1-17-11-13-5-4-8-18(13)16(19)10-12-6-7-14(20-2)15(9-12)21-3/h6-7,9,13,17H,4-5,8,10-11H2,1-3H3. The van der Waals surface area contributed by atoms with Gasteiger partial charge in [0.1, 0.15) is 0 Å². The molecule has 1 unspecified atom stereocenters. The molecule has 1 heterocycles. The highest BCUT2D eigenvalue weighted by molar-refractivity contribution is 5.79. The van der Waals surface area contributed by atoms with Gasteiger partial charge in [-0.05, 0) is 37.6 Å². The van der Waals surface area contributed by atoms with Crippen LogP contribution in [0.5, 0.6) is 11.5 Å². The molecular formula is C16H24N2O3. The summed E-state index contributed by atoms with van der Waals surface area (Å²) in [4.78, 5) is 14.5. The number of amides is 1. The molecule has 1 aromatic carbocycles. The second kappa shape index (κ2) is 7.31. The summed E-state index contributed by atoms with van der Waals surface area (Å²) in [6, 6.07) is 5.96. The zero-order valence-corrected chi connectivity index (χ0v) is 13.0. The lowest BCUT2D eigenvalue weighted by Gasteiger charge is -2.24. The van der Waals surface area contributed by atoms with Crippen molar-refractivity contribution in [1.29, 1.82) is 0 Å². The third kappa shape index (κ3) is 3.67. The molecule has 0 aliphatic carbocycles. The van der Waals surface area contributed by atoms with E-state index in [-0.39, 0.29) is 5.91 Å². The first kappa shape index (κ1) is 15.6. The van der Waals surface area contributed by atoms with Crippen molar-refractivity contribution in [1.82, 2.24) is 10.2 Å². The fourth-order valence-electron chi connectivity index (χ4n) is 2.88. The van der Waals surface area contributed by atoms with Crippen LogP contribution in [0.15, 0.2) is 18.2 Å². The van der Waals surface area contributed by atoms with Crippen LogP contribution in [-0.4, -0.2) is 51.2 Å². The maximum atomic E-state index is 12.5. The van der Waals surface area contributed by atoms with Gasteiger partial charge in [-0.1, -0.05) is 6.07 Å². The zero-order valence-electron chi connectivity index (χ0n) is 13.0. The molecule has 2 rings (SSSR count). The van der Waals surface area contributed by atoms with Crippen molar-refractivity contribution in [2.75, 3.05) is 34.4 Å². The second-order valence-corrected chi connectivity index (χ2v) is 5.31. The molecule has 1 aliphatic heterocycles. The fourth-order valence-corrected chi connectivity index (χ4v) is 2.88. The summed E-state index contributed by atoms with van der Waals surface area (Å²) in [5.74, 6) is 1.53. The summed E-state index contributed by atoms with van der Waals surface area (Å²) in [5.41, 5.74) is 0.952. The van der Waals surface area contributed by atoms with Crippen LogP contribution >= 0.6 is 0 Å². The third-order valence-corrected chi connectivity index (χ3v) is 3.94. The third-order valence-electron chi connectivity index (χ3n) is 3.94. The average molecular weight is 292 g/mol. The Morgan fingerprint density at radius 1 is 1.33 bits per heavy atom. The predicted octanol–water partition coefficient (Wildman–Crippen LogP) is 1.46. The molecule has 0 bridgehead atoms. The Morgan fingerprint density at radius 3 is 2.76 bits per heavy atom. The Bertz CT molecular complexity index is 490. The molecule has 1 atom stereocenters. The molecule has 0 radical (unpaired) electrons. The van der Waals surface area contributed by atoms with Gasteiger partial charge in [0.05, 0.1) is 20.6 Å². The van der Waals surface area contributed by atoms with Crippen LogP contribution in [0.1, 0.15) is 18.4 Å². The number of carbonyl (C=O) groups excluding carboxylic acids is 1. The van der Waals surface area contributed by atoms with E-state index in [0.29, 0.717) is 24.0 Å². The molecular weight excluding hydrogens is 268 g/mol. The summed E-state index contributed by atoms with van der Waals surface area (Å²) < 4.78 is 10.5. The maximum Gasteiger partial charge on any atom is 0.227 e. The molecule has 1 aromatic rings. The van der Waals surface area contributed by atoms with Crippen LogP contribution in [-0.2, 0) is 11.2 Å². The number of carbonyl (C=O) groups is 1. The predicted molar refractivity (Wildman–Crippen MR) is 81.9 cm³/mol. The minimum absolute atomic E-state index is 0.181. The van der Waals surface area contributed by atoms with E-state index in [4.69, 9.17) is 9.47 Å². The van der Waals surface area contributed by atoms with Crippen LogP contribution in [0, 0.1) is 0 Å². The Hall–Kier alpha value is -1.75. The Morgan fingerprint density at radius 2 is 2.10 bits per heavy atom. The smallest absolute Gasteiger partial charge is 0.227 e. The lowest BCUT2D eigenvalue weighted by molar-refractivity contribution is -0.131. The second-order valence-electron chi connectivity index (χ2n) is 5.31. The largest absolute Gasteiger partial charge is 0.493 e. The summed E-state index contributed by atoms with van der Waals surface area (Å²) in [5, 5.41) is 3.16. The van der Waals surface area contributed by atoms with Gasteiger partial charge < -0.3 is 19.7 Å². The number of nitrogens with zero attached hydrogens (tertiary/aromatic N) is 1. The minimum Gasteiger partial charge on any atom is -0.493 e. The first-order valence-corrected chi connectivity index (χ1v) is 7.34. The quantitative estimate of drug-likeness (QED) is 0.862. The molecule has 0 spiro atoms. The maximum absolute atomic E-state index is 12.5. The summed E-state index contributed by atoms with van der Waals surface area (Å²) >= 11 is 0. The molecule has 1 saturated heterocycles. The van der Waals surface area contributed by atoms with Crippen LogP contribution in [0.4, 0.5) is 0 Å². The van der Waals surface area contributed by atoms with Crippen LogP contribution in [0.3, 0.4) is 0 Å². The number of likely N-dealkylation sites (N-methyl/N-ethyl adjacent to an activating group) is 1. The number of nitrogens with one attached hydrogen (secondary N) is 1. The van der Waals surface area contributed by atoms with E-state index in [2.05, 4.69) is 5.32 Å². The molecule has 1 amide bonds. The molecule has 1 fully saturated rings.